The van der Waals surface area contributed by atoms with E-state index in [0.29, 0.717) is 17.1 Å². The van der Waals surface area contributed by atoms with Crippen LogP contribution in [0.2, 0.25) is 0 Å². The lowest BCUT2D eigenvalue weighted by molar-refractivity contribution is -0.0273. The molecule has 0 atom stereocenters. The minimum atomic E-state index is -0.346. The van der Waals surface area contributed by atoms with Gasteiger partial charge in [-0.3, -0.25) is 9.47 Å². The lowest BCUT2D eigenvalue weighted by Gasteiger charge is -2.48. The number of benzene rings is 1. The van der Waals surface area contributed by atoms with Gasteiger partial charge in [0.1, 0.15) is 11.3 Å². The largest absolute Gasteiger partial charge is 0.379 e. The number of hydrogen-bond donors (Lipinski definition) is 1. The molecule has 162 valence electrons. The van der Waals surface area contributed by atoms with Crippen molar-refractivity contribution in [2.75, 3.05) is 19.7 Å². The number of fused-ring (bicyclic) bond motifs is 1. The standard InChI is InChI=1S/C22H32FN3O2.ClH/c1-4-28-17-5-9-22(3,10-6-17)25-11-7-16(8-12-25)26-19-14-15(2)13-18(23)20(19)24-21(26)27;/h13-14,16-17H,4-12H2,1-3H3,(H,24,27);1H. The molecule has 2 fully saturated rings. The van der Waals surface area contributed by atoms with Crippen LogP contribution in [-0.4, -0.2) is 45.8 Å². The number of nitrogens with one attached hydrogen (secondary N) is 1. The van der Waals surface area contributed by atoms with Gasteiger partial charge < -0.3 is 9.72 Å². The molecule has 4 rings (SSSR count). The number of piperidine rings is 1. The maximum atomic E-state index is 14.2. The van der Waals surface area contributed by atoms with Crippen molar-refractivity contribution in [2.24, 2.45) is 0 Å². The minimum Gasteiger partial charge on any atom is -0.379 e. The lowest BCUT2D eigenvalue weighted by atomic mass is 9.79. The van der Waals surface area contributed by atoms with Crippen LogP contribution in [0.1, 0.15) is 64.0 Å². The van der Waals surface area contributed by atoms with Crippen LogP contribution < -0.4 is 5.69 Å². The number of H-pyrrole nitrogens is 1. The fourth-order valence-corrected chi connectivity index (χ4v) is 5.27. The number of aromatic amines is 1. The Morgan fingerprint density at radius 2 is 1.86 bits per heavy atom. The van der Waals surface area contributed by atoms with Gasteiger partial charge in [0, 0.05) is 31.3 Å². The van der Waals surface area contributed by atoms with Gasteiger partial charge in [0.2, 0.25) is 0 Å². The monoisotopic (exact) mass is 425 g/mol. The summed E-state index contributed by atoms with van der Waals surface area (Å²) < 4.78 is 21.8. The topological polar surface area (TPSA) is 50.3 Å². The summed E-state index contributed by atoms with van der Waals surface area (Å²) in [5, 5.41) is 0. The smallest absolute Gasteiger partial charge is 0.326 e. The Hall–Kier alpha value is -1.37. The van der Waals surface area contributed by atoms with Gasteiger partial charge in [-0.2, -0.15) is 0 Å². The molecule has 1 saturated heterocycles. The first-order valence-electron chi connectivity index (χ1n) is 10.7. The van der Waals surface area contributed by atoms with Crippen LogP contribution >= 0.6 is 12.4 Å². The molecular weight excluding hydrogens is 393 g/mol. The van der Waals surface area contributed by atoms with Crippen LogP contribution in [0, 0.1) is 12.7 Å². The molecule has 1 saturated carbocycles. The van der Waals surface area contributed by atoms with Crippen molar-refractivity contribution in [3.63, 3.8) is 0 Å². The Morgan fingerprint density at radius 3 is 2.48 bits per heavy atom. The van der Waals surface area contributed by atoms with Crippen molar-refractivity contribution in [2.45, 2.75) is 77.0 Å². The van der Waals surface area contributed by atoms with Gasteiger partial charge in [0.05, 0.1) is 11.6 Å². The Morgan fingerprint density at radius 1 is 1.21 bits per heavy atom. The number of nitrogens with zero attached hydrogens (tertiary/aromatic N) is 2. The van der Waals surface area contributed by atoms with Crippen molar-refractivity contribution in [1.29, 1.82) is 0 Å². The van der Waals surface area contributed by atoms with E-state index in [4.69, 9.17) is 4.74 Å². The third kappa shape index (κ3) is 4.25. The Labute approximate surface area is 178 Å². The van der Waals surface area contributed by atoms with E-state index in [2.05, 4.69) is 23.7 Å². The Kier molecular flexibility index (Phi) is 6.76. The second-order valence-corrected chi connectivity index (χ2v) is 8.81. The fraction of sp³-hybridized carbons (Fsp3) is 0.682. The third-order valence-electron chi connectivity index (χ3n) is 6.93. The number of hydrogen-bond acceptors (Lipinski definition) is 3. The van der Waals surface area contributed by atoms with E-state index in [1.165, 1.54) is 18.9 Å². The highest BCUT2D eigenvalue weighted by Crippen LogP contribution is 2.38. The van der Waals surface area contributed by atoms with Crippen LogP contribution in [0.15, 0.2) is 16.9 Å². The second kappa shape index (κ2) is 8.78. The van der Waals surface area contributed by atoms with Gasteiger partial charge in [0.15, 0.2) is 0 Å². The Balaban J connectivity index is 0.00000240. The zero-order valence-electron chi connectivity index (χ0n) is 17.7. The average Bonchev–Trinajstić information content (AvgIpc) is 3.00. The van der Waals surface area contributed by atoms with Gasteiger partial charge >= 0.3 is 5.69 Å². The highest BCUT2D eigenvalue weighted by atomic mass is 35.5. The molecule has 1 N–H and O–H groups in total. The summed E-state index contributed by atoms with van der Waals surface area (Å²) in [5.41, 5.74) is 1.91. The van der Waals surface area contributed by atoms with Gasteiger partial charge in [-0.1, -0.05) is 0 Å². The highest BCUT2D eigenvalue weighted by Gasteiger charge is 2.38. The molecule has 7 heteroatoms. The van der Waals surface area contributed by atoms with Gasteiger partial charge in [-0.05, 0) is 77.0 Å². The van der Waals surface area contributed by atoms with Crippen molar-refractivity contribution >= 4 is 23.4 Å². The second-order valence-electron chi connectivity index (χ2n) is 8.81. The molecule has 0 radical (unpaired) electrons. The number of likely N-dealkylation sites (tertiary alicyclic amines) is 1. The van der Waals surface area contributed by atoms with Gasteiger partial charge in [0.25, 0.3) is 0 Å². The zero-order chi connectivity index (χ0) is 19.9. The van der Waals surface area contributed by atoms with E-state index in [1.54, 1.807) is 4.57 Å². The molecule has 2 aromatic rings. The van der Waals surface area contributed by atoms with E-state index in [9.17, 15) is 9.18 Å². The molecule has 0 spiro atoms. The van der Waals surface area contributed by atoms with Crippen molar-refractivity contribution in [3.8, 4) is 0 Å². The maximum absolute atomic E-state index is 14.2. The molecule has 5 nitrogen and oxygen atoms in total. The van der Waals surface area contributed by atoms with Crippen molar-refractivity contribution in [3.05, 3.63) is 34.0 Å². The molecule has 0 bridgehead atoms. The predicted octanol–water partition coefficient (Wildman–Crippen LogP) is 4.57. The maximum Gasteiger partial charge on any atom is 0.326 e. The molecule has 29 heavy (non-hydrogen) atoms. The summed E-state index contributed by atoms with van der Waals surface area (Å²) in [6, 6.07) is 3.52. The first-order chi connectivity index (χ1) is 13.4. The summed E-state index contributed by atoms with van der Waals surface area (Å²) in [5.74, 6) is -0.346. The number of halogens is 2. The quantitative estimate of drug-likeness (QED) is 0.780. The summed E-state index contributed by atoms with van der Waals surface area (Å²) in [6.07, 6.45) is 6.85. The Bertz CT molecular complexity index is 893. The fourth-order valence-electron chi connectivity index (χ4n) is 5.27. The van der Waals surface area contributed by atoms with Crippen molar-refractivity contribution in [1.82, 2.24) is 14.5 Å². The van der Waals surface area contributed by atoms with Crippen LogP contribution in [0.25, 0.3) is 11.0 Å². The van der Waals surface area contributed by atoms with E-state index in [1.807, 2.05) is 13.0 Å². The van der Waals surface area contributed by atoms with Crippen LogP contribution in [0.5, 0.6) is 0 Å². The first-order valence-corrected chi connectivity index (χ1v) is 10.7. The number of rotatable bonds is 4. The van der Waals surface area contributed by atoms with Crippen molar-refractivity contribution < 1.29 is 9.13 Å². The predicted molar refractivity (Wildman–Crippen MR) is 117 cm³/mol. The van der Waals surface area contributed by atoms with Gasteiger partial charge in [-0.15, -0.1) is 12.4 Å². The number of aryl methyl sites for hydroxylation is 1. The molecule has 0 amide bonds. The van der Waals surface area contributed by atoms with E-state index in [-0.39, 0.29) is 35.5 Å². The van der Waals surface area contributed by atoms with Gasteiger partial charge in [-0.25, -0.2) is 9.18 Å². The zero-order valence-corrected chi connectivity index (χ0v) is 18.5. The summed E-state index contributed by atoms with van der Waals surface area (Å²) in [4.78, 5) is 17.9. The molecule has 1 aromatic carbocycles. The SMILES string of the molecule is CCOC1CCC(C)(N2CCC(n3c(=O)[nH]c4c(F)cc(C)cc43)CC2)CC1.Cl. The normalized spacial score (nSPS) is 26.6. The molecular formula is C22H33ClFN3O2. The molecule has 1 aromatic heterocycles. The molecule has 0 unspecified atom stereocenters. The highest BCUT2D eigenvalue weighted by molar-refractivity contribution is 5.85. The molecule has 2 heterocycles. The number of ether oxygens (including phenoxy) is 1. The van der Waals surface area contributed by atoms with E-state index < -0.39 is 0 Å². The minimum absolute atomic E-state index is 0. The number of aromatic nitrogens is 2. The first kappa shape index (κ1) is 22.3. The van der Waals surface area contributed by atoms with Crippen LogP contribution in [0.3, 0.4) is 0 Å². The van der Waals surface area contributed by atoms with E-state index in [0.717, 1.165) is 50.9 Å². The summed E-state index contributed by atoms with van der Waals surface area (Å²) in [7, 11) is 0. The average molecular weight is 426 g/mol. The number of imidazole rings is 1. The lowest BCUT2D eigenvalue weighted by Crippen LogP contribution is -2.53. The van der Waals surface area contributed by atoms with Crippen LogP contribution in [0.4, 0.5) is 4.39 Å². The molecule has 1 aliphatic heterocycles. The molecule has 1 aliphatic carbocycles. The third-order valence-corrected chi connectivity index (χ3v) is 6.93. The van der Waals surface area contributed by atoms with E-state index >= 15 is 0 Å². The summed E-state index contributed by atoms with van der Waals surface area (Å²) in [6.45, 7) is 9.07. The molecule has 2 aliphatic rings. The van der Waals surface area contributed by atoms with Crippen LogP contribution in [-0.2, 0) is 4.74 Å². The summed E-state index contributed by atoms with van der Waals surface area (Å²) >= 11 is 0.